The summed E-state index contributed by atoms with van der Waals surface area (Å²) in [5, 5.41) is 19.6. The van der Waals surface area contributed by atoms with Gasteiger partial charge in [0.15, 0.2) is 5.78 Å². The Balaban J connectivity index is 2.43. The highest BCUT2D eigenvalue weighted by Gasteiger charge is 2.20. The van der Waals surface area contributed by atoms with E-state index in [2.05, 4.69) is 0 Å². The molecule has 0 bridgehead atoms. The first kappa shape index (κ1) is 16.5. The average Bonchev–Trinajstić information content (AvgIpc) is 2.45. The molecule has 0 amide bonds. The number of rotatable bonds is 0. The molecule has 1 aromatic rings. The van der Waals surface area contributed by atoms with Crippen LogP contribution >= 0.6 is 0 Å². The summed E-state index contributed by atoms with van der Waals surface area (Å²) >= 11 is 0. The maximum atomic E-state index is 12.3. The predicted octanol–water partition coefficient (Wildman–Crippen LogP) is 3.13. The van der Waals surface area contributed by atoms with Crippen molar-refractivity contribution in [2.24, 2.45) is 0 Å². The first-order chi connectivity index (χ1) is 11.0. The van der Waals surface area contributed by atoms with Crippen molar-refractivity contribution in [1.82, 2.24) is 0 Å². The van der Waals surface area contributed by atoms with Crippen molar-refractivity contribution in [2.45, 2.75) is 25.9 Å². The largest absolute Gasteiger partial charge is 0.508 e. The van der Waals surface area contributed by atoms with Crippen LogP contribution in [0.2, 0.25) is 0 Å². The molecule has 1 aromatic carbocycles. The van der Waals surface area contributed by atoms with E-state index >= 15 is 0 Å². The molecule has 120 valence electrons. The van der Waals surface area contributed by atoms with Gasteiger partial charge in [-0.15, -0.1) is 0 Å². The van der Waals surface area contributed by atoms with Crippen LogP contribution in [-0.2, 0) is 9.53 Å². The van der Waals surface area contributed by atoms with Crippen LogP contribution in [0.4, 0.5) is 0 Å². The molecule has 2 rings (SSSR count). The van der Waals surface area contributed by atoms with Gasteiger partial charge >= 0.3 is 5.97 Å². The summed E-state index contributed by atoms with van der Waals surface area (Å²) in [4.78, 5) is 23.9. The van der Waals surface area contributed by atoms with Crippen LogP contribution in [0.1, 0.15) is 35.7 Å². The number of phenols is 2. The molecule has 0 aliphatic carbocycles. The molecule has 0 aromatic heterocycles. The molecule has 0 unspecified atom stereocenters. The highest BCUT2D eigenvalue weighted by Crippen LogP contribution is 2.29. The van der Waals surface area contributed by atoms with Crippen LogP contribution in [0.15, 0.2) is 42.5 Å². The molecule has 0 saturated carbocycles. The van der Waals surface area contributed by atoms with Crippen molar-refractivity contribution in [3.05, 3.63) is 53.6 Å². The van der Waals surface area contributed by atoms with Gasteiger partial charge < -0.3 is 14.9 Å². The minimum absolute atomic E-state index is 0.00332. The van der Waals surface area contributed by atoms with Crippen molar-refractivity contribution in [3.63, 3.8) is 0 Å². The Hall–Kier alpha value is -2.82. The molecule has 5 nitrogen and oxygen atoms in total. The van der Waals surface area contributed by atoms with Gasteiger partial charge in [-0.2, -0.15) is 0 Å². The van der Waals surface area contributed by atoms with Crippen LogP contribution in [0.3, 0.4) is 0 Å². The van der Waals surface area contributed by atoms with Gasteiger partial charge in [0.1, 0.15) is 23.2 Å². The number of fused-ring (bicyclic) bond motifs is 1. The van der Waals surface area contributed by atoms with Gasteiger partial charge in [-0.1, -0.05) is 30.4 Å². The number of carbonyl (C=O) groups excluding carboxylic acids is 2. The Bertz CT molecular complexity index is 698. The SMILES string of the molecule is C[C@H]1C/C=C/C(=O)C/C=C/C=C/c2cc(O)cc(O)c2C(=O)O1. The van der Waals surface area contributed by atoms with Crippen LogP contribution in [0, 0.1) is 0 Å². The van der Waals surface area contributed by atoms with E-state index in [1.807, 2.05) is 0 Å². The number of carbonyl (C=O) groups is 2. The number of aromatic hydroxyl groups is 2. The summed E-state index contributed by atoms with van der Waals surface area (Å²) in [6.07, 6.45) is 9.88. The summed E-state index contributed by atoms with van der Waals surface area (Å²) in [6, 6.07) is 2.46. The average molecular weight is 314 g/mol. The highest BCUT2D eigenvalue weighted by molar-refractivity contribution is 5.97. The first-order valence-corrected chi connectivity index (χ1v) is 7.27. The van der Waals surface area contributed by atoms with E-state index in [0.29, 0.717) is 12.0 Å². The highest BCUT2D eigenvalue weighted by atomic mass is 16.5. The number of esters is 1. The Morgan fingerprint density at radius 3 is 2.65 bits per heavy atom. The Kier molecular flexibility index (Phi) is 5.36. The zero-order chi connectivity index (χ0) is 16.8. The van der Waals surface area contributed by atoms with E-state index in [-0.39, 0.29) is 29.3 Å². The quantitative estimate of drug-likeness (QED) is 0.719. The van der Waals surface area contributed by atoms with Crippen LogP contribution in [0.5, 0.6) is 11.5 Å². The monoisotopic (exact) mass is 314 g/mol. The number of phenolic OH excluding ortho intramolecular Hbond substituents is 2. The normalized spacial score (nSPS) is 23.3. The zero-order valence-corrected chi connectivity index (χ0v) is 12.7. The second kappa shape index (κ2) is 7.45. The van der Waals surface area contributed by atoms with Crippen molar-refractivity contribution in [3.8, 4) is 11.5 Å². The molecule has 1 heterocycles. The summed E-state index contributed by atoms with van der Waals surface area (Å²) in [6.45, 7) is 1.70. The molecule has 1 atom stereocenters. The molecule has 2 N–H and O–H groups in total. The minimum atomic E-state index is -0.685. The van der Waals surface area contributed by atoms with E-state index in [1.165, 1.54) is 12.1 Å². The lowest BCUT2D eigenvalue weighted by molar-refractivity contribution is -0.113. The standard InChI is InChI=1S/C18H18O5/c1-12-6-5-9-14(19)8-4-2-3-7-13-10-15(20)11-16(21)17(13)18(22)23-12/h2-5,7,9-12,20-21H,6,8H2,1H3/b4-2+,7-3+,9-5+/t12-/m0/s1. The maximum absolute atomic E-state index is 12.3. The smallest absolute Gasteiger partial charge is 0.342 e. The molecule has 1 aliphatic rings. The van der Waals surface area contributed by atoms with Crippen LogP contribution in [-0.4, -0.2) is 28.1 Å². The second-order valence-electron chi connectivity index (χ2n) is 5.24. The second-order valence-corrected chi connectivity index (χ2v) is 5.24. The number of hydrogen-bond donors (Lipinski definition) is 2. The Morgan fingerprint density at radius 1 is 1.09 bits per heavy atom. The van der Waals surface area contributed by atoms with Crippen LogP contribution < -0.4 is 0 Å². The van der Waals surface area contributed by atoms with E-state index in [9.17, 15) is 19.8 Å². The molecule has 0 saturated heterocycles. The third kappa shape index (κ3) is 4.57. The molecule has 23 heavy (non-hydrogen) atoms. The predicted molar refractivity (Wildman–Crippen MR) is 86.2 cm³/mol. The summed E-state index contributed by atoms with van der Waals surface area (Å²) in [5.41, 5.74) is 0.333. The fraction of sp³-hybridized carbons (Fsp3) is 0.222. The fourth-order valence-corrected chi connectivity index (χ4v) is 2.16. The number of cyclic esters (lactones) is 1. The number of allylic oxidation sites excluding steroid dienone is 4. The molecule has 0 spiro atoms. The molecule has 5 heteroatoms. The van der Waals surface area contributed by atoms with Gasteiger partial charge in [-0.25, -0.2) is 4.79 Å². The lowest BCUT2D eigenvalue weighted by Crippen LogP contribution is -2.15. The van der Waals surface area contributed by atoms with Gasteiger partial charge in [-0.05, 0) is 24.6 Å². The fourth-order valence-electron chi connectivity index (χ4n) is 2.16. The van der Waals surface area contributed by atoms with Crippen molar-refractivity contribution in [1.29, 1.82) is 0 Å². The molecule has 0 radical (unpaired) electrons. The van der Waals surface area contributed by atoms with Crippen molar-refractivity contribution < 1.29 is 24.5 Å². The van der Waals surface area contributed by atoms with E-state index < -0.39 is 12.1 Å². The van der Waals surface area contributed by atoms with E-state index in [1.54, 1.807) is 37.3 Å². The summed E-state index contributed by atoms with van der Waals surface area (Å²) in [5.74, 6) is -1.23. The molecule has 1 aliphatic heterocycles. The lowest BCUT2D eigenvalue weighted by Gasteiger charge is -2.14. The van der Waals surface area contributed by atoms with Gasteiger partial charge in [0.25, 0.3) is 0 Å². The van der Waals surface area contributed by atoms with Gasteiger partial charge in [-0.3, -0.25) is 4.79 Å². The van der Waals surface area contributed by atoms with Crippen molar-refractivity contribution >= 4 is 17.8 Å². The van der Waals surface area contributed by atoms with Gasteiger partial charge in [0.2, 0.25) is 0 Å². The zero-order valence-electron chi connectivity index (χ0n) is 12.7. The topological polar surface area (TPSA) is 83.8 Å². The molecule has 0 fully saturated rings. The van der Waals surface area contributed by atoms with E-state index in [4.69, 9.17) is 4.74 Å². The minimum Gasteiger partial charge on any atom is -0.508 e. The summed E-state index contributed by atoms with van der Waals surface area (Å²) in [7, 11) is 0. The Morgan fingerprint density at radius 2 is 1.87 bits per heavy atom. The van der Waals surface area contributed by atoms with Gasteiger partial charge in [0, 0.05) is 18.9 Å². The van der Waals surface area contributed by atoms with Crippen LogP contribution in [0.25, 0.3) is 6.08 Å². The van der Waals surface area contributed by atoms with Gasteiger partial charge in [0.05, 0.1) is 0 Å². The lowest BCUT2D eigenvalue weighted by atomic mass is 10.0. The third-order valence-corrected chi connectivity index (χ3v) is 3.26. The maximum Gasteiger partial charge on any atom is 0.342 e. The number of benzene rings is 1. The first-order valence-electron chi connectivity index (χ1n) is 7.27. The molecular weight excluding hydrogens is 296 g/mol. The molecular formula is C18H18O5. The van der Waals surface area contributed by atoms with E-state index in [0.717, 1.165) is 6.07 Å². The number of ether oxygens (including phenoxy) is 1. The third-order valence-electron chi connectivity index (χ3n) is 3.26. The summed E-state index contributed by atoms with van der Waals surface area (Å²) < 4.78 is 5.28. The number of hydrogen-bond acceptors (Lipinski definition) is 5. The number of ketones is 1. The van der Waals surface area contributed by atoms with Crippen molar-refractivity contribution in [2.75, 3.05) is 0 Å². The Labute approximate surface area is 134 Å².